The maximum absolute atomic E-state index is 10.4. The maximum atomic E-state index is 10.4. The Kier molecular flexibility index (Phi) is 1.33. The molecule has 0 bridgehead atoms. The molecule has 0 atom stereocenters. The van der Waals surface area contributed by atoms with Crippen LogP contribution in [0.15, 0.2) is 22.7 Å². The first-order valence-corrected chi connectivity index (χ1v) is 3.55. The van der Waals surface area contributed by atoms with E-state index in [0.717, 1.165) is 6.07 Å². The second-order valence-electron chi connectivity index (χ2n) is 1.96. The van der Waals surface area contributed by atoms with E-state index in [9.17, 15) is 10.1 Å². The van der Waals surface area contributed by atoms with Crippen molar-refractivity contribution >= 4 is 21.6 Å². The number of nitro groups is 1. The number of hydrogen-bond donors (Lipinski definition) is 0. The van der Waals surface area contributed by atoms with Crippen LogP contribution in [0.2, 0.25) is 0 Å². The molecule has 0 saturated carbocycles. The lowest BCUT2D eigenvalue weighted by molar-refractivity contribution is -0.385. The van der Waals surface area contributed by atoms with Crippen LogP contribution in [-0.2, 0) is 0 Å². The Morgan fingerprint density at radius 1 is 1.64 bits per heavy atom. The van der Waals surface area contributed by atoms with Gasteiger partial charge < -0.3 is 0 Å². The molecule has 0 fully saturated rings. The van der Waals surface area contributed by atoms with E-state index in [2.05, 4.69) is 15.9 Å². The number of nitro benzene ring substituents is 1. The van der Waals surface area contributed by atoms with Crippen LogP contribution < -0.4 is 0 Å². The third-order valence-electron chi connectivity index (χ3n) is 1.09. The van der Waals surface area contributed by atoms with Gasteiger partial charge in [-0.05, 0) is 18.5 Å². The summed E-state index contributed by atoms with van der Waals surface area (Å²) in [5.41, 5.74) is -0.274. The van der Waals surface area contributed by atoms with Gasteiger partial charge in [0.25, 0.3) is 5.69 Å². The molecule has 1 aromatic rings. The average molecular weight is 219 g/mol. The molecule has 0 N–H and O–H groups in total. The molecule has 0 aliphatic carbocycles. The number of halogens is 1. The number of nitrogens with zero attached hydrogens (tertiary/aromatic N) is 1. The van der Waals surface area contributed by atoms with E-state index in [1.54, 1.807) is 0 Å². The van der Waals surface area contributed by atoms with Crippen LogP contribution >= 0.6 is 15.9 Å². The van der Waals surface area contributed by atoms with Crippen molar-refractivity contribution < 1.29 is 9.04 Å². The fraction of sp³-hybridized carbons (Fsp3) is 0.143. The summed E-state index contributed by atoms with van der Waals surface area (Å²) in [6, 6.07) is 3.66. The predicted octanol–water partition coefficient (Wildman–Crippen LogP) is 2.67. The molecular formula is C7H6BrNO2. The molecule has 1 rings (SSSR count). The summed E-state index contributed by atoms with van der Waals surface area (Å²) < 4.78 is 21.7. The predicted molar refractivity (Wildman–Crippen MR) is 45.5 cm³/mol. The lowest BCUT2D eigenvalue weighted by Crippen LogP contribution is -1.87. The van der Waals surface area contributed by atoms with Gasteiger partial charge in [-0.25, -0.2) is 0 Å². The van der Waals surface area contributed by atoms with Crippen molar-refractivity contribution in [3.8, 4) is 0 Å². The SMILES string of the molecule is [2H]C([2H])([2H])c1cc(Br)cc([N+](=O)[O-])c1. The Balaban J connectivity index is 3.28. The largest absolute Gasteiger partial charge is 0.270 e. The smallest absolute Gasteiger partial charge is 0.258 e. The number of hydrogen-bond acceptors (Lipinski definition) is 2. The van der Waals surface area contributed by atoms with E-state index < -0.39 is 11.8 Å². The molecule has 0 amide bonds. The van der Waals surface area contributed by atoms with Crippen molar-refractivity contribution in [2.75, 3.05) is 0 Å². The van der Waals surface area contributed by atoms with Crippen molar-refractivity contribution in [2.45, 2.75) is 6.85 Å². The second kappa shape index (κ2) is 3.00. The summed E-state index contributed by atoms with van der Waals surface area (Å²) >= 11 is 3.02. The fourth-order valence-corrected chi connectivity index (χ4v) is 1.16. The Bertz CT molecular complexity index is 378. The minimum atomic E-state index is -2.32. The van der Waals surface area contributed by atoms with Gasteiger partial charge in [-0.15, -0.1) is 0 Å². The van der Waals surface area contributed by atoms with Crippen LogP contribution in [0.3, 0.4) is 0 Å². The molecule has 0 aliphatic heterocycles. The summed E-state index contributed by atoms with van der Waals surface area (Å²) in [5, 5.41) is 10.4. The topological polar surface area (TPSA) is 43.1 Å². The molecule has 0 spiro atoms. The monoisotopic (exact) mass is 218 g/mol. The summed E-state index contributed by atoms with van der Waals surface area (Å²) in [6.07, 6.45) is 0. The number of rotatable bonds is 1. The quantitative estimate of drug-likeness (QED) is 0.538. The summed E-state index contributed by atoms with van der Waals surface area (Å²) in [5.74, 6) is 0. The van der Waals surface area contributed by atoms with Crippen molar-refractivity contribution in [3.63, 3.8) is 0 Å². The third kappa shape index (κ3) is 2.01. The minimum Gasteiger partial charge on any atom is -0.258 e. The second-order valence-corrected chi connectivity index (χ2v) is 2.87. The summed E-state index contributed by atoms with van der Waals surface area (Å²) in [4.78, 5) is 9.81. The molecule has 0 aliphatic rings. The van der Waals surface area contributed by atoms with Gasteiger partial charge in [-0.3, -0.25) is 10.1 Å². The highest BCUT2D eigenvalue weighted by Crippen LogP contribution is 2.20. The van der Waals surface area contributed by atoms with Crippen LogP contribution in [0.25, 0.3) is 0 Å². The molecule has 0 saturated heterocycles. The first-order chi connectivity index (χ1) is 6.30. The zero-order valence-electron chi connectivity index (χ0n) is 8.37. The summed E-state index contributed by atoms with van der Waals surface area (Å²) in [7, 11) is 0. The number of non-ortho nitro benzene ring substituents is 1. The Morgan fingerprint density at radius 2 is 2.36 bits per heavy atom. The van der Waals surface area contributed by atoms with Gasteiger partial charge in [0.05, 0.1) is 4.92 Å². The molecule has 11 heavy (non-hydrogen) atoms. The molecule has 0 unspecified atom stereocenters. The van der Waals surface area contributed by atoms with Gasteiger partial charge in [0.2, 0.25) is 0 Å². The van der Waals surface area contributed by atoms with E-state index in [1.807, 2.05) is 0 Å². The van der Waals surface area contributed by atoms with Crippen molar-refractivity contribution in [2.24, 2.45) is 0 Å². The molecule has 58 valence electrons. The van der Waals surface area contributed by atoms with Crippen molar-refractivity contribution in [1.82, 2.24) is 0 Å². The van der Waals surface area contributed by atoms with Gasteiger partial charge in [0.1, 0.15) is 0 Å². The standard InChI is InChI=1S/C7H6BrNO2/c1-5-2-6(8)4-7(3-5)9(10)11/h2-4H,1H3/i1D3. The van der Waals surface area contributed by atoms with Gasteiger partial charge in [0.15, 0.2) is 0 Å². The van der Waals surface area contributed by atoms with Gasteiger partial charge in [-0.1, -0.05) is 15.9 Å². The van der Waals surface area contributed by atoms with Gasteiger partial charge in [-0.2, -0.15) is 0 Å². The van der Waals surface area contributed by atoms with Crippen molar-refractivity contribution in [1.29, 1.82) is 0 Å². The summed E-state index contributed by atoms with van der Waals surface area (Å²) in [6.45, 7) is -2.32. The Labute approximate surface area is 76.5 Å². The third-order valence-corrected chi connectivity index (χ3v) is 1.55. The molecule has 0 aromatic heterocycles. The molecule has 0 heterocycles. The van der Waals surface area contributed by atoms with Crippen LogP contribution in [0, 0.1) is 17.0 Å². The highest BCUT2D eigenvalue weighted by Gasteiger charge is 2.05. The van der Waals surface area contributed by atoms with Crippen LogP contribution in [0.5, 0.6) is 0 Å². The molecule has 4 heteroatoms. The lowest BCUT2D eigenvalue weighted by Gasteiger charge is -1.94. The molecular weight excluding hydrogens is 210 g/mol. The Hall–Kier alpha value is -0.900. The van der Waals surface area contributed by atoms with Crippen LogP contribution in [0.1, 0.15) is 9.68 Å². The number of benzene rings is 1. The zero-order chi connectivity index (χ0) is 10.9. The van der Waals surface area contributed by atoms with E-state index in [1.165, 1.54) is 12.1 Å². The fourth-order valence-electron chi connectivity index (χ4n) is 0.680. The average Bonchev–Trinajstić information content (AvgIpc) is 2.01. The first kappa shape index (κ1) is 4.87. The lowest BCUT2D eigenvalue weighted by atomic mass is 10.2. The highest BCUT2D eigenvalue weighted by molar-refractivity contribution is 9.10. The molecule has 0 radical (unpaired) electrons. The maximum Gasteiger partial charge on any atom is 0.270 e. The normalized spacial score (nSPS) is 14.8. The van der Waals surface area contributed by atoms with E-state index in [-0.39, 0.29) is 11.3 Å². The minimum absolute atomic E-state index is 0.0430. The van der Waals surface area contributed by atoms with Gasteiger partial charge >= 0.3 is 0 Å². The molecule has 1 aromatic carbocycles. The van der Waals surface area contributed by atoms with Crippen LogP contribution in [0.4, 0.5) is 5.69 Å². The van der Waals surface area contributed by atoms with E-state index in [0.29, 0.717) is 4.47 Å². The van der Waals surface area contributed by atoms with Crippen molar-refractivity contribution in [3.05, 3.63) is 38.3 Å². The first-order valence-electron chi connectivity index (χ1n) is 4.26. The molecule has 3 nitrogen and oxygen atoms in total. The zero-order valence-corrected chi connectivity index (χ0v) is 6.96. The Morgan fingerprint density at radius 3 is 2.91 bits per heavy atom. The highest BCUT2D eigenvalue weighted by atomic mass is 79.9. The van der Waals surface area contributed by atoms with E-state index >= 15 is 0 Å². The number of aryl methyl sites for hydroxylation is 1. The van der Waals surface area contributed by atoms with Crippen LogP contribution in [-0.4, -0.2) is 4.92 Å². The van der Waals surface area contributed by atoms with Gasteiger partial charge in [0, 0.05) is 20.7 Å². The van der Waals surface area contributed by atoms with E-state index in [4.69, 9.17) is 4.11 Å².